The highest BCUT2D eigenvalue weighted by Crippen LogP contribution is 2.18. The van der Waals surface area contributed by atoms with Gasteiger partial charge in [0.15, 0.2) is 0 Å². The predicted molar refractivity (Wildman–Crippen MR) is 88.0 cm³/mol. The van der Waals surface area contributed by atoms with Crippen LogP contribution in [0.2, 0.25) is 5.02 Å². The molecule has 0 spiro atoms. The predicted octanol–water partition coefficient (Wildman–Crippen LogP) is 3.64. The zero-order valence-electron chi connectivity index (χ0n) is 12.6. The fraction of sp³-hybridized carbons (Fsp3) is 0.400. The van der Waals surface area contributed by atoms with E-state index in [4.69, 9.17) is 11.6 Å². The van der Waals surface area contributed by atoms with Crippen molar-refractivity contribution in [1.29, 1.82) is 0 Å². The van der Waals surface area contributed by atoms with Crippen LogP contribution < -0.4 is 4.72 Å². The van der Waals surface area contributed by atoms with Crippen molar-refractivity contribution in [2.75, 3.05) is 0 Å². The maximum atomic E-state index is 12.1. The molecule has 0 aliphatic rings. The molecule has 0 fully saturated rings. The summed E-state index contributed by atoms with van der Waals surface area (Å²) < 4.78 is 16.7. The van der Waals surface area contributed by atoms with E-state index in [2.05, 4.69) is 9.82 Å². The van der Waals surface area contributed by atoms with Crippen molar-refractivity contribution in [1.82, 2.24) is 14.5 Å². The number of hydrogen-bond donors (Lipinski definition) is 1. The molecule has 6 heteroatoms. The van der Waals surface area contributed by atoms with Crippen LogP contribution in [-0.4, -0.2) is 18.7 Å². The SMILES string of the molecule is C[C@H](NS(=O)C(C)(C)C)c1ccn(-c2ccc(Cl)cc2)n1. The summed E-state index contributed by atoms with van der Waals surface area (Å²) in [5, 5.41) is 5.22. The Morgan fingerprint density at radius 2 is 1.86 bits per heavy atom. The van der Waals surface area contributed by atoms with Crippen LogP contribution in [0.15, 0.2) is 36.5 Å². The van der Waals surface area contributed by atoms with Crippen LogP contribution in [-0.2, 0) is 11.0 Å². The first-order valence-corrected chi connectivity index (χ1v) is 8.30. The summed E-state index contributed by atoms with van der Waals surface area (Å²) in [7, 11) is -1.12. The van der Waals surface area contributed by atoms with Gasteiger partial charge in [0.1, 0.15) is 0 Å². The monoisotopic (exact) mass is 325 g/mol. The normalized spacial score (nSPS) is 14.9. The van der Waals surface area contributed by atoms with Gasteiger partial charge < -0.3 is 0 Å². The summed E-state index contributed by atoms with van der Waals surface area (Å²) in [5.41, 5.74) is 1.79. The van der Waals surface area contributed by atoms with Gasteiger partial charge >= 0.3 is 0 Å². The maximum absolute atomic E-state index is 12.1. The van der Waals surface area contributed by atoms with Crippen molar-refractivity contribution in [3.05, 3.63) is 47.2 Å². The number of benzene rings is 1. The van der Waals surface area contributed by atoms with Crippen molar-refractivity contribution in [3.63, 3.8) is 0 Å². The molecule has 114 valence electrons. The average molecular weight is 326 g/mol. The summed E-state index contributed by atoms with van der Waals surface area (Å²) >= 11 is 5.88. The molecule has 0 aliphatic carbocycles. The molecule has 2 rings (SSSR count). The van der Waals surface area contributed by atoms with E-state index in [1.54, 1.807) is 4.68 Å². The van der Waals surface area contributed by atoms with Crippen LogP contribution in [0.5, 0.6) is 0 Å². The number of nitrogens with zero attached hydrogens (tertiary/aromatic N) is 2. The minimum atomic E-state index is -1.12. The van der Waals surface area contributed by atoms with Crippen LogP contribution in [0, 0.1) is 0 Å². The second-order valence-corrected chi connectivity index (χ2v) is 8.32. The Balaban J connectivity index is 2.12. The molecule has 1 N–H and O–H groups in total. The first kappa shape index (κ1) is 16.2. The zero-order valence-corrected chi connectivity index (χ0v) is 14.2. The Bertz CT molecular complexity index is 631. The van der Waals surface area contributed by atoms with E-state index in [1.165, 1.54) is 0 Å². The Morgan fingerprint density at radius 1 is 1.24 bits per heavy atom. The largest absolute Gasteiger partial charge is 0.242 e. The lowest BCUT2D eigenvalue weighted by Gasteiger charge is -2.21. The fourth-order valence-electron chi connectivity index (χ4n) is 1.70. The van der Waals surface area contributed by atoms with Crippen molar-refractivity contribution in [2.24, 2.45) is 0 Å². The van der Waals surface area contributed by atoms with E-state index in [9.17, 15) is 4.21 Å². The van der Waals surface area contributed by atoms with Gasteiger partial charge in [-0.1, -0.05) is 11.6 Å². The van der Waals surface area contributed by atoms with Crippen LogP contribution in [0.4, 0.5) is 0 Å². The molecule has 0 amide bonds. The molecular formula is C15H20ClN3OS. The highest BCUT2D eigenvalue weighted by atomic mass is 35.5. The van der Waals surface area contributed by atoms with Crippen molar-refractivity contribution in [3.8, 4) is 5.69 Å². The van der Waals surface area contributed by atoms with Gasteiger partial charge in [-0.3, -0.25) is 0 Å². The van der Waals surface area contributed by atoms with E-state index >= 15 is 0 Å². The third-order valence-electron chi connectivity index (χ3n) is 2.98. The molecule has 1 heterocycles. The first-order chi connectivity index (χ1) is 9.77. The quantitative estimate of drug-likeness (QED) is 0.933. The lowest BCUT2D eigenvalue weighted by atomic mass is 10.3. The van der Waals surface area contributed by atoms with Gasteiger partial charge in [-0.05, 0) is 58.0 Å². The second-order valence-electron chi connectivity index (χ2n) is 5.88. The van der Waals surface area contributed by atoms with Crippen LogP contribution in [0.1, 0.15) is 39.4 Å². The molecular weight excluding hydrogens is 306 g/mol. The van der Waals surface area contributed by atoms with E-state index < -0.39 is 11.0 Å². The molecule has 1 aromatic carbocycles. The van der Waals surface area contributed by atoms with Gasteiger partial charge in [0, 0.05) is 11.2 Å². The molecule has 2 aromatic rings. The highest BCUT2D eigenvalue weighted by molar-refractivity contribution is 7.84. The van der Waals surface area contributed by atoms with Gasteiger partial charge in [-0.25, -0.2) is 13.6 Å². The lowest BCUT2D eigenvalue weighted by molar-refractivity contribution is 0.608. The topological polar surface area (TPSA) is 46.9 Å². The maximum Gasteiger partial charge on any atom is 0.0976 e. The molecule has 4 nitrogen and oxygen atoms in total. The third-order valence-corrected chi connectivity index (χ3v) is 4.92. The van der Waals surface area contributed by atoms with Gasteiger partial charge in [0.25, 0.3) is 0 Å². The summed E-state index contributed by atoms with van der Waals surface area (Å²) in [6.45, 7) is 7.78. The number of halogens is 1. The molecule has 1 unspecified atom stereocenters. The Labute approximate surface area is 133 Å². The summed E-state index contributed by atoms with van der Waals surface area (Å²) in [5.74, 6) is 0. The molecule has 21 heavy (non-hydrogen) atoms. The Kier molecular flexibility index (Phi) is 4.86. The summed E-state index contributed by atoms with van der Waals surface area (Å²) in [6.07, 6.45) is 1.89. The number of nitrogens with one attached hydrogen (secondary N) is 1. The highest BCUT2D eigenvalue weighted by Gasteiger charge is 2.22. The number of rotatable bonds is 4. The summed E-state index contributed by atoms with van der Waals surface area (Å²) in [6, 6.07) is 9.31. The minimum absolute atomic E-state index is 0.0846. The van der Waals surface area contributed by atoms with Gasteiger partial charge in [0.05, 0.1) is 33.2 Å². The minimum Gasteiger partial charge on any atom is -0.242 e. The number of aromatic nitrogens is 2. The molecule has 0 aliphatic heterocycles. The van der Waals surface area contributed by atoms with E-state index in [-0.39, 0.29) is 10.8 Å². The molecule has 1 aromatic heterocycles. The molecule has 0 radical (unpaired) electrons. The smallest absolute Gasteiger partial charge is 0.0976 e. The zero-order chi connectivity index (χ0) is 15.6. The molecule has 0 saturated heterocycles. The van der Waals surface area contributed by atoms with E-state index in [0.29, 0.717) is 5.02 Å². The van der Waals surface area contributed by atoms with E-state index in [0.717, 1.165) is 11.4 Å². The van der Waals surface area contributed by atoms with E-state index in [1.807, 2.05) is 64.2 Å². The second kappa shape index (κ2) is 6.30. The molecule has 0 bridgehead atoms. The van der Waals surface area contributed by atoms with Gasteiger partial charge in [-0.15, -0.1) is 0 Å². The van der Waals surface area contributed by atoms with Crippen molar-refractivity contribution >= 4 is 22.6 Å². The number of hydrogen-bond acceptors (Lipinski definition) is 2. The van der Waals surface area contributed by atoms with Gasteiger partial charge in [0.2, 0.25) is 0 Å². The van der Waals surface area contributed by atoms with Gasteiger partial charge in [-0.2, -0.15) is 5.10 Å². The first-order valence-electron chi connectivity index (χ1n) is 6.77. The van der Waals surface area contributed by atoms with Crippen molar-refractivity contribution in [2.45, 2.75) is 38.5 Å². The van der Waals surface area contributed by atoms with Crippen LogP contribution in [0.3, 0.4) is 0 Å². The van der Waals surface area contributed by atoms with Crippen LogP contribution in [0.25, 0.3) is 5.69 Å². The van der Waals surface area contributed by atoms with Crippen molar-refractivity contribution < 1.29 is 4.21 Å². The molecule has 0 saturated carbocycles. The standard InChI is InChI=1S/C15H20ClN3OS/c1-11(18-21(20)15(2,3)4)14-9-10-19(17-14)13-7-5-12(16)6-8-13/h5-11,18H,1-4H3/t11-,21?/m0/s1. The summed E-state index contributed by atoms with van der Waals surface area (Å²) in [4.78, 5) is 0. The lowest BCUT2D eigenvalue weighted by Crippen LogP contribution is -2.35. The third kappa shape index (κ3) is 4.15. The Morgan fingerprint density at radius 3 is 2.43 bits per heavy atom. The Hall–Kier alpha value is -1.17. The average Bonchev–Trinajstić information content (AvgIpc) is 2.88. The fourth-order valence-corrected chi connectivity index (χ4v) is 2.63. The molecule has 2 atom stereocenters. The van der Waals surface area contributed by atoms with Crippen LogP contribution >= 0.6 is 11.6 Å².